The summed E-state index contributed by atoms with van der Waals surface area (Å²) in [5, 5.41) is 38.6. The Morgan fingerprint density at radius 2 is 2.00 bits per heavy atom. The lowest BCUT2D eigenvalue weighted by molar-refractivity contribution is -0.140. The van der Waals surface area contributed by atoms with E-state index in [1.165, 1.54) is 0 Å². The molecule has 0 aromatic rings. The highest BCUT2D eigenvalue weighted by molar-refractivity contribution is 5.88. The summed E-state index contributed by atoms with van der Waals surface area (Å²) in [6.07, 6.45) is 7.40. The van der Waals surface area contributed by atoms with Gasteiger partial charge in [-0.1, -0.05) is 19.9 Å². The van der Waals surface area contributed by atoms with Crippen molar-refractivity contribution in [2.75, 3.05) is 19.8 Å². The number of carboxylic acid groups (broad SMARTS) is 1. The van der Waals surface area contributed by atoms with Crippen LogP contribution in [-0.2, 0) is 4.79 Å². The fourth-order valence-corrected chi connectivity index (χ4v) is 5.50. The normalized spacial score (nSPS) is 36.4. The van der Waals surface area contributed by atoms with Crippen molar-refractivity contribution < 1.29 is 25.2 Å². The third-order valence-electron chi connectivity index (χ3n) is 7.35. The minimum Gasteiger partial charge on any atom is -0.478 e. The lowest BCUT2D eigenvalue weighted by atomic mass is 9.46. The highest BCUT2D eigenvalue weighted by atomic mass is 16.4. The number of carbonyl (C=O) groups is 1. The maximum absolute atomic E-state index is 11.8. The Morgan fingerprint density at radius 1 is 1.28 bits per heavy atom. The van der Waals surface area contributed by atoms with Crippen molar-refractivity contribution >= 4 is 5.97 Å². The minimum atomic E-state index is -0.899. The third-order valence-corrected chi connectivity index (χ3v) is 7.35. The summed E-state index contributed by atoms with van der Waals surface area (Å²) >= 11 is 0. The van der Waals surface area contributed by atoms with E-state index in [9.17, 15) is 20.1 Å². The number of fused-ring (bicyclic) bond motifs is 1. The van der Waals surface area contributed by atoms with Crippen molar-refractivity contribution in [2.24, 2.45) is 28.6 Å². The molecule has 1 saturated carbocycles. The molecule has 25 heavy (non-hydrogen) atoms. The lowest BCUT2D eigenvalue weighted by Crippen LogP contribution is -2.54. The smallest absolute Gasteiger partial charge is 0.331 e. The van der Waals surface area contributed by atoms with Gasteiger partial charge >= 0.3 is 5.97 Å². The van der Waals surface area contributed by atoms with Crippen molar-refractivity contribution in [1.82, 2.24) is 0 Å². The molecule has 144 valence electrons. The molecule has 0 saturated heterocycles. The molecule has 0 unspecified atom stereocenters. The zero-order chi connectivity index (χ0) is 18.7. The summed E-state index contributed by atoms with van der Waals surface area (Å²) in [6, 6.07) is 0. The van der Waals surface area contributed by atoms with Crippen LogP contribution in [0.5, 0.6) is 0 Å². The standard InChI is InChI=1S/C20H34O5/c1-14-6-10-20(13-23)16(18(24)25)4-3-5-17(20)19(14,2)9-7-15(12-22)8-11-21/h4,14-15,17,21-23H,3,5-13H2,1-2H3,(H,24,25)/t14-,15+,17-,19+,20+/m1/s1. The first-order valence-electron chi connectivity index (χ1n) is 9.62. The van der Waals surface area contributed by atoms with Crippen LogP contribution in [0, 0.1) is 28.6 Å². The van der Waals surface area contributed by atoms with E-state index in [-0.39, 0.29) is 37.1 Å². The van der Waals surface area contributed by atoms with Crippen molar-refractivity contribution in [3.63, 3.8) is 0 Å². The second-order valence-electron chi connectivity index (χ2n) is 8.41. The van der Waals surface area contributed by atoms with Gasteiger partial charge in [-0.15, -0.1) is 0 Å². The zero-order valence-corrected chi connectivity index (χ0v) is 15.6. The van der Waals surface area contributed by atoms with Gasteiger partial charge in [0.2, 0.25) is 0 Å². The molecule has 5 heteroatoms. The number of aliphatic carboxylic acids is 1. The van der Waals surface area contributed by atoms with Crippen LogP contribution in [0.25, 0.3) is 0 Å². The Morgan fingerprint density at radius 3 is 2.56 bits per heavy atom. The van der Waals surface area contributed by atoms with Gasteiger partial charge < -0.3 is 20.4 Å². The summed E-state index contributed by atoms with van der Waals surface area (Å²) in [5.41, 5.74) is -0.311. The van der Waals surface area contributed by atoms with Gasteiger partial charge in [-0.25, -0.2) is 4.79 Å². The number of carboxylic acids is 1. The largest absolute Gasteiger partial charge is 0.478 e. The molecule has 2 aliphatic rings. The van der Waals surface area contributed by atoms with E-state index in [1.807, 2.05) is 6.08 Å². The first kappa shape index (κ1) is 20.4. The monoisotopic (exact) mass is 354 g/mol. The summed E-state index contributed by atoms with van der Waals surface area (Å²) in [7, 11) is 0. The number of hydrogen-bond donors (Lipinski definition) is 4. The summed E-state index contributed by atoms with van der Waals surface area (Å²) in [6.45, 7) is 4.51. The van der Waals surface area contributed by atoms with Crippen LogP contribution in [0.4, 0.5) is 0 Å². The topological polar surface area (TPSA) is 98.0 Å². The average molecular weight is 354 g/mol. The number of aliphatic hydroxyl groups excluding tert-OH is 3. The molecule has 0 amide bonds. The first-order valence-corrected chi connectivity index (χ1v) is 9.62. The zero-order valence-electron chi connectivity index (χ0n) is 15.6. The molecular formula is C20H34O5. The minimum absolute atomic E-state index is 0.0705. The molecule has 2 aliphatic carbocycles. The van der Waals surface area contributed by atoms with Gasteiger partial charge in [0.1, 0.15) is 0 Å². The molecule has 5 nitrogen and oxygen atoms in total. The Hall–Kier alpha value is -0.910. The number of aliphatic hydroxyl groups is 3. The van der Waals surface area contributed by atoms with E-state index in [2.05, 4.69) is 13.8 Å². The summed E-state index contributed by atoms with van der Waals surface area (Å²) in [5.74, 6) is -0.237. The van der Waals surface area contributed by atoms with Gasteiger partial charge in [0.15, 0.2) is 0 Å². The predicted octanol–water partition coefficient (Wildman–Crippen LogP) is 2.59. The van der Waals surface area contributed by atoms with Crippen LogP contribution >= 0.6 is 0 Å². The SMILES string of the molecule is C[C@@H]1CC[C@]2(CO)C(C(=O)O)=CCC[C@@H]2[C@@]1(C)CC[C@H](CO)CCO. The Bertz CT molecular complexity index is 502. The fourth-order valence-electron chi connectivity index (χ4n) is 5.50. The van der Waals surface area contributed by atoms with E-state index >= 15 is 0 Å². The highest BCUT2D eigenvalue weighted by Crippen LogP contribution is 2.62. The summed E-state index contributed by atoms with van der Waals surface area (Å²) < 4.78 is 0. The highest BCUT2D eigenvalue weighted by Gasteiger charge is 2.57. The average Bonchev–Trinajstić information content (AvgIpc) is 2.61. The molecule has 0 spiro atoms. The fraction of sp³-hybridized carbons (Fsp3) is 0.850. The van der Waals surface area contributed by atoms with Crippen LogP contribution in [0.2, 0.25) is 0 Å². The van der Waals surface area contributed by atoms with Gasteiger partial charge in [-0.05, 0) is 68.1 Å². The predicted molar refractivity (Wildman–Crippen MR) is 96.0 cm³/mol. The molecule has 0 aliphatic heterocycles. The Labute approximate surface area is 150 Å². The van der Waals surface area contributed by atoms with Gasteiger partial charge in [0, 0.05) is 24.2 Å². The second kappa shape index (κ2) is 8.19. The van der Waals surface area contributed by atoms with Gasteiger partial charge in [0.05, 0.1) is 6.61 Å². The van der Waals surface area contributed by atoms with Gasteiger partial charge in [0.25, 0.3) is 0 Å². The molecule has 4 N–H and O–H groups in total. The molecule has 0 radical (unpaired) electrons. The molecule has 1 fully saturated rings. The molecule has 5 atom stereocenters. The maximum atomic E-state index is 11.8. The molecule has 0 aromatic heterocycles. The second-order valence-corrected chi connectivity index (χ2v) is 8.41. The molecule has 0 bridgehead atoms. The maximum Gasteiger partial charge on any atom is 0.331 e. The van der Waals surface area contributed by atoms with Crippen molar-refractivity contribution in [3.05, 3.63) is 11.6 Å². The first-order chi connectivity index (χ1) is 11.9. The summed E-state index contributed by atoms with van der Waals surface area (Å²) in [4.78, 5) is 11.8. The van der Waals surface area contributed by atoms with Crippen molar-refractivity contribution in [2.45, 2.75) is 58.8 Å². The van der Waals surface area contributed by atoms with Crippen LogP contribution < -0.4 is 0 Å². The van der Waals surface area contributed by atoms with E-state index < -0.39 is 11.4 Å². The van der Waals surface area contributed by atoms with Crippen molar-refractivity contribution in [3.8, 4) is 0 Å². The van der Waals surface area contributed by atoms with Gasteiger partial charge in [-0.3, -0.25) is 0 Å². The van der Waals surface area contributed by atoms with Crippen LogP contribution in [-0.4, -0.2) is 46.2 Å². The van der Waals surface area contributed by atoms with Crippen LogP contribution in [0.1, 0.15) is 58.8 Å². The van der Waals surface area contributed by atoms with E-state index in [0.717, 1.165) is 38.5 Å². The number of rotatable bonds is 8. The Kier molecular flexibility index (Phi) is 6.68. The van der Waals surface area contributed by atoms with Crippen LogP contribution in [0.3, 0.4) is 0 Å². The van der Waals surface area contributed by atoms with E-state index in [1.54, 1.807) is 0 Å². The number of hydrogen-bond acceptors (Lipinski definition) is 4. The number of allylic oxidation sites excluding steroid dienone is 1. The van der Waals surface area contributed by atoms with E-state index in [0.29, 0.717) is 17.9 Å². The molecule has 2 rings (SSSR count). The Balaban J connectivity index is 2.30. The molecule has 0 heterocycles. The molecule has 0 aromatic carbocycles. The lowest BCUT2D eigenvalue weighted by Gasteiger charge is -2.58. The third kappa shape index (κ3) is 3.64. The van der Waals surface area contributed by atoms with Gasteiger partial charge in [-0.2, -0.15) is 0 Å². The quantitative estimate of drug-likeness (QED) is 0.537. The van der Waals surface area contributed by atoms with Crippen LogP contribution in [0.15, 0.2) is 11.6 Å². The van der Waals surface area contributed by atoms with Crippen molar-refractivity contribution in [1.29, 1.82) is 0 Å². The molecular weight excluding hydrogens is 320 g/mol. The van der Waals surface area contributed by atoms with E-state index in [4.69, 9.17) is 5.11 Å².